The summed E-state index contributed by atoms with van der Waals surface area (Å²) in [5.41, 5.74) is 0.591. The SMILES string of the molecule is O=C(Nc1ncns1)c1ccc(Br)cc1. The molecule has 4 nitrogen and oxygen atoms in total. The van der Waals surface area contributed by atoms with Crippen LogP contribution in [0.15, 0.2) is 35.1 Å². The van der Waals surface area contributed by atoms with Crippen molar-refractivity contribution in [2.45, 2.75) is 0 Å². The van der Waals surface area contributed by atoms with E-state index >= 15 is 0 Å². The molecule has 0 atom stereocenters. The van der Waals surface area contributed by atoms with E-state index in [4.69, 9.17) is 0 Å². The third kappa shape index (κ3) is 2.60. The van der Waals surface area contributed by atoms with Crippen molar-refractivity contribution in [1.82, 2.24) is 9.36 Å². The molecule has 0 bridgehead atoms. The molecule has 0 radical (unpaired) electrons. The second kappa shape index (κ2) is 4.50. The number of carbonyl (C=O) groups is 1. The maximum atomic E-state index is 11.6. The van der Waals surface area contributed by atoms with E-state index in [1.165, 1.54) is 6.33 Å². The zero-order valence-corrected chi connectivity index (χ0v) is 9.88. The second-order valence-corrected chi connectivity index (χ2v) is 4.40. The number of halogens is 1. The fraction of sp³-hybridized carbons (Fsp3) is 0. The smallest absolute Gasteiger partial charge is 0.257 e. The molecule has 0 saturated carbocycles. The summed E-state index contributed by atoms with van der Waals surface area (Å²) < 4.78 is 4.73. The van der Waals surface area contributed by atoms with E-state index in [-0.39, 0.29) is 5.91 Å². The minimum Gasteiger partial charge on any atom is -0.297 e. The monoisotopic (exact) mass is 283 g/mol. The Morgan fingerprint density at radius 1 is 1.33 bits per heavy atom. The van der Waals surface area contributed by atoms with Gasteiger partial charge in [-0.15, -0.1) is 0 Å². The van der Waals surface area contributed by atoms with Gasteiger partial charge in [0, 0.05) is 21.6 Å². The Hall–Kier alpha value is -1.27. The highest BCUT2D eigenvalue weighted by Gasteiger charge is 2.06. The normalized spacial score (nSPS) is 9.93. The van der Waals surface area contributed by atoms with Crippen molar-refractivity contribution < 1.29 is 4.79 Å². The molecule has 1 aromatic carbocycles. The van der Waals surface area contributed by atoms with Gasteiger partial charge >= 0.3 is 0 Å². The van der Waals surface area contributed by atoms with E-state index < -0.39 is 0 Å². The minimum absolute atomic E-state index is 0.181. The van der Waals surface area contributed by atoms with Gasteiger partial charge in [0.2, 0.25) is 5.13 Å². The largest absolute Gasteiger partial charge is 0.297 e. The fourth-order valence-corrected chi connectivity index (χ4v) is 1.69. The number of rotatable bonds is 2. The molecule has 0 unspecified atom stereocenters. The van der Waals surface area contributed by atoms with Gasteiger partial charge in [0.05, 0.1) is 0 Å². The van der Waals surface area contributed by atoms with E-state index in [1.807, 2.05) is 12.1 Å². The van der Waals surface area contributed by atoms with Gasteiger partial charge in [-0.2, -0.15) is 4.37 Å². The van der Waals surface area contributed by atoms with Gasteiger partial charge in [-0.25, -0.2) is 4.98 Å². The van der Waals surface area contributed by atoms with E-state index in [1.54, 1.807) is 12.1 Å². The van der Waals surface area contributed by atoms with Crippen molar-refractivity contribution in [2.24, 2.45) is 0 Å². The van der Waals surface area contributed by atoms with Gasteiger partial charge in [0.15, 0.2) is 0 Å². The number of hydrogen-bond donors (Lipinski definition) is 1. The first-order valence-corrected chi connectivity index (χ1v) is 5.66. The molecule has 2 rings (SSSR count). The summed E-state index contributed by atoms with van der Waals surface area (Å²) in [4.78, 5) is 15.5. The van der Waals surface area contributed by atoms with Crippen LogP contribution in [0.2, 0.25) is 0 Å². The summed E-state index contributed by atoms with van der Waals surface area (Å²) in [6.07, 6.45) is 1.40. The fourth-order valence-electron chi connectivity index (χ4n) is 0.999. The molecule has 0 aliphatic carbocycles. The summed E-state index contributed by atoms with van der Waals surface area (Å²) in [5.74, 6) is -0.181. The zero-order valence-electron chi connectivity index (χ0n) is 7.48. The predicted molar refractivity (Wildman–Crippen MR) is 62.0 cm³/mol. The molecule has 1 heterocycles. The van der Waals surface area contributed by atoms with Gasteiger partial charge < -0.3 is 0 Å². The topological polar surface area (TPSA) is 54.9 Å². The number of carbonyl (C=O) groups excluding carboxylic acids is 1. The van der Waals surface area contributed by atoms with Crippen molar-refractivity contribution in [2.75, 3.05) is 5.32 Å². The maximum absolute atomic E-state index is 11.6. The Labute approximate surface area is 98.7 Å². The van der Waals surface area contributed by atoms with Gasteiger partial charge in [-0.1, -0.05) is 15.9 Å². The molecule has 2 aromatic rings. The molecule has 76 valence electrons. The van der Waals surface area contributed by atoms with Crippen LogP contribution in [0.4, 0.5) is 5.13 Å². The van der Waals surface area contributed by atoms with E-state index in [9.17, 15) is 4.79 Å². The summed E-state index contributed by atoms with van der Waals surface area (Å²) in [6.45, 7) is 0. The Morgan fingerprint density at radius 2 is 2.07 bits per heavy atom. The number of nitrogens with zero attached hydrogens (tertiary/aromatic N) is 2. The molecule has 6 heteroatoms. The zero-order chi connectivity index (χ0) is 10.7. The van der Waals surface area contributed by atoms with Crippen LogP contribution in [0.5, 0.6) is 0 Å². The molecular formula is C9H6BrN3OS. The van der Waals surface area contributed by atoms with Crippen LogP contribution in [-0.4, -0.2) is 15.3 Å². The Bertz CT molecular complexity index is 455. The van der Waals surface area contributed by atoms with Crippen molar-refractivity contribution in [3.63, 3.8) is 0 Å². The molecule has 15 heavy (non-hydrogen) atoms. The number of nitrogens with one attached hydrogen (secondary N) is 1. The number of anilines is 1. The average Bonchev–Trinajstić information content (AvgIpc) is 2.71. The number of amides is 1. The summed E-state index contributed by atoms with van der Waals surface area (Å²) in [5, 5.41) is 3.15. The van der Waals surface area contributed by atoms with Crippen LogP contribution in [0.3, 0.4) is 0 Å². The maximum Gasteiger partial charge on any atom is 0.257 e. The summed E-state index contributed by atoms with van der Waals surface area (Å²) >= 11 is 4.45. The second-order valence-electron chi connectivity index (χ2n) is 2.71. The van der Waals surface area contributed by atoms with Gasteiger partial charge in [0.1, 0.15) is 6.33 Å². The van der Waals surface area contributed by atoms with Crippen LogP contribution in [0.1, 0.15) is 10.4 Å². The highest BCUT2D eigenvalue weighted by Crippen LogP contribution is 2.13. The van der Waals surface area contributed by atoms with Crippen LogP contribution in [0.25, 0.3) is 0 Å². The van der Waals surface area contributed by atoms with E-state index in [0.717, 1.165) is 16.0 Å². The van der Waals surface area contributed by atoms with Gasteiger partial charge in [-0.05, 0) is 24.3 Å². The highest BCUT2D eigenvalue weighted by molar-refractivity contribution is 9.10. The molecule has 1 amide bonds. The average molecular weight is 284 g/mol. The van der Waals surface area contributed by atoms with E-state index in [2.05, 4.69) is 30.6 Å². The molecular weight excluding hydrogens is 278 g/mol. The van der Waals surface area contributed by atoms with Crippen molar-refractivity contribution in [3.05, 3.63) is 40.6 Å². The van der Waals surface area contributed by atoms with E-state index in [0.29, 0.717) is 10.7 Å². The standard InChI is InChI=1S/C9H6BrN3OS/c10-7-3-1-6(2-4-7)8(14)13-9-11-5-12-15-9/h1-5H,(H,11,12,13,14). The van der Waals surface area contributed by atoms with Crippen LogP contribution in [0, 0.1) is 0 Å². The molecule has 0 saturated heterocycles. The highest BCUT2D eigenvalue weighted by atomic mass is 79.9. The predicted octanol–water partition coefficient (Wildman–Crippen LogP) is 2.55. The lowest BCUT2D eigenvalue weighted by Gasteiger charge is -2.00. The minimum atomic E-state index is -0.181. The Balaban J connectivity index is 2.11. The lowest BCUT2D eigenvalue weighted by Crippen LogP contribution is -2.11. The van der Waals surface area contributed by atoms with Crippen LogP contribution in [-0.2, 0) is 0 Å². The first-order valence-electron chi connectivity index (χ1n) is 4.09. The lowest BCUT2D eigenvalue weighted by molar-refractivity contribution is 0.102. The number of hydrogen-bond acceptors (Lipinski definition) is 4. The molecule has 0 aliphatic heterocycles. The third-order valence-electron chi connectivity index (χ3n) is 1.69. The van der Waals surface area contributed by atoms with Crippen LogP contribution < -0.4 is 5.32 Å². The number of aromatic nitrogens is 2. The van der Waals surface area contributed by atoms with Crippen molar-refractivity contribution in [3.8, 4) is 0 Å². The van der Waals surface area contributed by atoms with Crippen LogP contribution >= 0.6 is 27.5 Å². The molecule has 1 aromatic heterocycles. The molecule has 1 N–H and O–H groups in total. The van der Waals surface area contributed by atoms with Gasteiger partial charge in [0.25, 0.3) is 5.91 Å². The molecule has 0 aliphatic rings. The Morgan fingerprint density at radius 3 is 2.67 bits per heavy atom. The molecule has 0 spiro atoms. The first kappa shape index (κ1) is 10.3. The lowest BCUT2D eigenvalue weighted by atomic mass is 10.2. The van der Waals surface area contributed by atoms with Crippen molar-refractivity contribution in [1.29, 1.82) is 0 Å². The third-order valence-corrected chi connectivity index (χ3v) is 2.80. The quantitative estimate of drug-likeness (QED) is 0.922. The Kier molecular flexibility index (Phi) is 3.08. The summed E-state index contributed by atoms with van der Waals surface area (Å²) in [6, 6.07) is 7.10. The van der Waals surface area contributed by atoms with Crippen molar-refractivity contribution >= 4 is 38.5 Å². The number of benzene rings is 1. The first-order chi connectivity index (χ1) is 7.25. The summed E-state index contributed by atoms with van der Waals surface area (Å²) in [7, 11) is 0. The molecule has 0 fully saturated rings. The van der Waals surface area contributed by atoms with Gasteiger partial charge in [-0.3, -0.25) is 10.1 Å².